The normalized spacial score (nSPS) is 12.9. The van der Waals surface area contributed by atoms with Gasteiger partial charge in [0.15, 0.2) is 0 Å². The molecule has 28 heavy (non-hydrogen) atoms. The van der Waals surface area contributed by atoms with E-state index >= 15 is 0 Å². The van der Waals surface area contributed by atoms with E-state index in [4.69, 9.17) is 4.74 Å². The molecule has 0 fully saturated rings. The highest BCUT2D eigenvalue weighted by Crippen LogP contribution is 2.30. The molecule has 0 spiro atoms. The maximum atomic E-state index is 12.5. The Morgan fingerprint density at radius 2 is 1.93 bits per heavy atom. The lowest BCUT2D eigenvalue weighted by Crippen LogP contribution is -2.35. The van der Waals surface area contributed by atoms with Crippen molar-refractivity contribution < 1.29 is 27.8 Å². The molecule has 0 saturated carbocycles. The standard InChI is InChI=1S/C19H23F3N2O3S/c1-11(2)8-16-24-12(3)17(28-16)18(26)23-9-14(25)10-27-15-6-4-13(5-7-15)19(20,21)22/h4-7,11,14,25H,8-10H2,1-3H3,(H,23,26). The lowest BCUT2D eigenvalue weighted by atomic mass is 10.1. The van der Waals surface area contributed by atoms with Gasteiger partial charge in [-0.25, -0.2) is 4.98 Å². The molecule has 0 radical (unpaired) electrons. The first-order valence-corrected chi connectivity index (χ1v) is 9.60. The first-order chi connectivity index (χ1) is 13.1. The van der Waals surface area contributed by atoms with Gasteiger partial charge in [0.05, 0.1) is 16.3 Å². The van der Waals surface area contributed by atoms with Crippen LogP contribution in [-0.2, 0) is 12.6 Å². The van der Waals surface area contributed by atoms with Gasteiger partial charge in [-0.05, 0) is 37.1 Å². The Morgan fingerprint density at radius 3 is 2.50 bits per heavy atom. The third-order valence-electron chi connectivity index (χ3n) is 3.75. The number of amides is 1. The summed E-state index contributed by atoms with van der Waals surface area (Å²) in [6.45, 7) is 5.70. The fourth-order valence-electron chi connectivity index (χ4n) is 2.38. The minimum absolute atomic E-state index is 0.0453. The number of halogens is 3. The lowest BCUT2D eigenvalue weighted by molar-refractivity contribution is -0.137. The molecule has 0 aliphatic carbocycles. The Bertz CT molecular complexity index is 789. The smallest absolute Gasteiger partial charge is 0.416 e. The number of thiazole rings is 1. The number of alkyl halides is 3. The number of carbonyl (C=O) groups is 1. The van der Waals surface area contributed by atoms with Crippen LogP contribution in [0.3, 0.4) is 0 Å². The van der Waals surface area contributed by atoms with Gasteiger partial charge in [0, 0.05) is 13.0 Å². The van der Waals surface area contributed by atoms with E-state index in [1.165, 1.54) is 23.5 Å². The van der Waals surface area contributed by atoms with E-state index in [9.17, 15) is 23.1 Å². The van der Waals surface area contributed by atoms with Crippen LogP contribution in [0.5, 0.6) is 5.75 Å². The summed E-state index contributed by atoms with van der Waals surface area (Å²) in [6, 6.07) is 4.19. The van der Waals surface area contributed by atoms with Crippen molar-refractivity contribution in [2.75, 3.05) is 13.2 Å². The Hall–Kier alpha value is -2.13. The number of ether oxygens (including phenoxy) is 1. The van der Waals surface area contributed by atoms with Gasteiger partial charge in [-0.3, -0.25) is 4.79 Å². The maximum Gasteiger partial charge on any atom is 0.416 e. The predicted octanol–water partition coefficient (Wildman–Crippen LogP) is 3.84. The minimum atomic E-state index is -4.41. The number of aromatic nitrogens is 1. The molecular formula is C19H23F3N2O3S. The van der Waals surface area contributed by atoms with Gasteiger partial charge in [0.2, 0.25) is 0 Å². The minimum Gasteiger partial charge on any atom is -0.491 e. The van der Waals surface area contributed by atoms with Gasteiger partial charge < -0.3 is 15.2 Å². The summed E-state index contributed by atoms with van der Waals surface area (Å²) in [6.07, 6.45) is -4.62. The molecule has 0 aliphatic rings. The zero-order valence-corrected chi connectivity index (χ0v) is 16.7. The van der Waals surface area contributed by atoms with Crippen molar-refractivity contribution in [2.45, 2.75) is 39.5 Å². The molecule has 5 nitrogen and oxygen atoms in total. The Kier molecular flexibility index (Phi) is 7.42. The van der Waals surface area contributed by atoms with Gasteiger partial charge in [0.25, 0.3) is 5.91 Å². The van der Waals surface area contributed by atoms with E-state index < -0.39 is 17.8 Å². The number of rotatable bonds is 8. The number of aliphatic hydroxyl groups excluding tert-OH is 1. The van der Waals surface area contributed by atoms with Crippen LogP contribution in [0, 0.1) is 12.8 Å². The van der Waals surface area contributed by atoms with Gasteiger partial charge in [0.1, 0.15) is 23.3 Å². The van der Waals surface area contributed by atoms with E-state index in [1.54, 1.807) is 6.92 Å². The number of carbonyl (C=O) groups excluding carboxylic acids is 1. The van der Waals surface area contributed by atoms with Crippen molar-refractivity contribution in [3.05, 3.63) is 45.4 Å². The SMILES string of the molecule is Cc1nc(CC(C)C)sc1C(=O)NCC(O)COc1ccc(C(F)(F)F)cc1. The van der Waals surface area contributed by atoms with Crippen molar-refractivity contribution in [3.8, 4) is 5.75 Å². The molecule has 0 bridgehead atoms. The zero-order valence-electron chi connectivity index (χ0n) is 15.8. The third-order valence-corrected chi connectivity index (χ3v) is 4.93. The number of hydrogen-bond donors (Lipinski definition) is 2. The van der Waals surface area contributed by atoms with Crippen LogP contribution in [0.25, 0.3) is 0 Å². The highest BCUT2D eigenvalue weighted by molar-refractivity contribution is 7.13. The molecule has 1 atom stereocenters. The van der Waals surface area contributed by atoms with Crippen LogP contribution < -0.4 is 10.1 Å². The topological polar surface area (TPSA) is 71.5 Å². The molecule has 9 heteroatoms. The fourth-order valence-corrected chi connectivity index (χ4v) is 3.57. The molecule has 2 rings (SSSR count). The monoisotopic (exact) mass is 416 g/mol. The van der Waals surface area contributed by atoms with Crippen molar-refractivity contribution in [2.24, 2.45) is 5.92 Å². The van der Waals surface area contributed by atoms with Gasteiger partial charge >= 0.3 is 6.18 Å². The summed E-state index contributed by atoms with van der Waals surface area (Å²) < 4.78 is 42.8. The molecule has 1 aromatic heterocycles. The molecule has 1 aromatic carbocycles. The molecule has 154 valence electrons. The van der Waals surface area contributed by atoms with Crippen molar-refractivity contribution in [1.29, 1.82) is 0 Å². The van der Waals surface area contributed by atoms with Gasteiger partial charge in [-0.2, -0.15) is 13.2 Å². The summed E-state index contributed by atoms with van der Waals surface area (Å²) in [5, 5.41) is 13.5. The molecule has 1 heterocycles. The van der Waals surface area contributed by atoms with Crippen LogP contribution in [0.4, 0.5) is 13.2 Å². The van der Waals surface area contributed by atoms with Crippen LogP contribution in [0.15, 0.2) is 24.3 Å². The van der Waals surface area contributed by atoms with E-state index in [0.717, 1.165) is 23.6 Å². The largest absolute Gasteiger partial charge is 0.491 e. The summed E-state index contributed by atoms with van der Waals surface area (Å²) in [4.78, 5) is 17.2. The summed E-state index contributed by atoms with van der Waals surface area (Å²) in [7, 11) is 0. The van der Waals surface area contributed by atoms with Crippen molar-refractivity contribution >= 4 is 17.2 Å². The predicted molar refractivity (Wildman–Crippen MR) is 101 cm³/mol. The van der Waals surface area contributed by atoms with Crippen LogP contribution in [0.2, 0.25) is 0 Å². The van der Waals surface area contributed by atoms with E-state index in [2.05, 4.69) is 24.1 Å². The van der Waals surface area contributed by atoms with Crippen molar-refractivity contribution in [1.82, 2.24) is 10.3 Å². The van der Waals surface area contributed by atoms with E-state index in [0.29, 0.717) is 16.5 Å². The lowest BCUT2D eigenvalue weighted by Gasteiger charge is -2.14. The van der Waals surface area contributed by atoms with Crippen LogP contribution in [-0.4, -0.2) is 35.3 Å². The van der Waals surface area contributed by atoms with Gasteiger partial charge in [-0.15, -0.1) is 11.3 Å². The molecule has 2 N–H and O–H groups in total. The van der Waals surface area contributed by atoms with E-state index in [-0.39, 0.29) is 24.8 Å². The number of benzene rings is 1. The average molecular weight is 416 g/mol. The number of nitrogens with zero attached hydrogens (tertiary/aromatic N) is 1. The summed E-state index contributed by atoms with van der Waals surface area (Å²) >= 11 is 1.33. The number of nitrogens with one attached hydrogen (secondary N) is 1. The number of hydrogen-bond acceptors (Lipinski definition) is 5. The van der Waals surface area contributed by atoms with Gasteiger partial charge in [-0.1, -0.05) is 13.8 Å². The zero-order chi connectivity index (χ0) is 20.9. The maximum absolute atomic E-state index is 12.5. The van der Waals surface area contributed by atoms with Crippen molar-refractivity contribution in [3.63, 3.8) is 0 Å². The van der Waals surface area contributed by atoms with Crippen LogP contribution >= 0.6 is 11.3 Å². The Morgan fingerprint density at radius 1 is 1.29 bits per heavy atom. The molecular weight excluding hydrogens is 393 g/mol. The summed E-state index contributed by atoms with van der Waals surface area (Å²) in [5.74, 6) is 0.319. The molecule has 0 aliphatic heterocycles. The second kappa shape index (κ2) is 9.38. The first-order valence-electron chi connectivity index (χ1n) is 8.79. The molecule has 0 saturated heterocycles. The second-order valence-electron chi connectivity index (χ2n) is 6.82. The second-order valence-corrected chi connectivity index (χ2v) is 7.90. The molecule has 1 amide bonds. The fraction of sp³-hybridized carbons (Fsp3) is 0.474. The Balaban J connectivity index is 1.81. The number of aryl methyl sites for hydroxylation is 1. The molecule has 1 unspecified atom stereocenters. The first kappa shape index (κ1) is 22.2. The summed E-state index contributed by atoms with van der Waals surface area (Å²) in [5.41, 5.74) is -0.127. The number of aliphatic hydroxyl groups is 1. The highest BCUT2D eigenvalue weighted by Gasteiger charge is 2.30. The third kappa shape index (κ3) is 6.49. The quantitative estimate of drug-likeness (QED) is 0.686. The Labute approximate surface area is 165 Å². The molecule has 2 aromatic rings. The van der Waals surface area contributed by atoms with Crippen LogP contribution in [0.1, 0.15) is 39.8 Å². The van der Waals surface area contributed by atoms with E-state index in [1.807, 2.05) is 0 Å². The highest BCUT2D eigenvalue weighted by atomic mass is 32.1. The average Bonchev–Trinajstić information content (AvgIpc) is 2.97.